The number of aliphatic hydroxyl groups excluding tert-OH is 2. The van der Waals surface area contributed by atoms with E-state index in [9.17, 15) is 19.8 Å². The highest BCUT2D eigenvalue weighted by molar-refractivity contribution is 5.76. The second-order valence-electron chi connectivity index (χ2n) is 22.5. The van der Waals surface area contributed by atoms with Gasteiger partial charge in [0, 0.05) is 12.8 Å². The van der Waals surface area contributed by atoms with Gasteiger partial charge in [0.1, 0.15) is 0 Å². The average molecular weight is 1010 g/mol. The van der Waals surface area contributed by atoms with E-state index in [1.165, 1.54) is 276 Å². The molecule has 0 bridgehead atoms. The lowest BCUT2D eigenvalue weighted by Crippen LogP contribution is -2.45. The molecule has 0 aromatic carbocycles. The van der Waals surface area contributed by atoms with Gasteiger partial charge >= 0.3 is 5.97 Å². The summed E-state index contributed by atoms with van der Waals surface area (Å²) in [6.45, 7) is 4.94. The predicted octanol–water partition coefficient (Wildman–Crippen LogP) is 20.6. The molecule has 6 nitrogen and oxygen atoms in total. The van der Waals surface area contributed by atoms with Crippen LogP contribution in [0.2, 0.25) is 0 Å². The van der Waals surface area contributed by atoms with Gasteiger partial charge in [-0.25, -0.2) is 0 Å². The lowest BCUT2D eigenvalue weighted by molar-refractivity contribution is -0.143. The van der Waals surface area contributed by atoms with Crippen LogP contribution in [0.3, 0.4) is 0 Å². The first kappa shape index (κ1) is 70.3. The van der Waals surface area contributed by atoms with Gasteiger partial charge < -0.3 is 20.3 Å². The maximum atomic E-state index is 12.5. The van der Waals surface area contributed by atoms with Gasteiger partial charge in [-0.05, 0) is 57.8 Å². The Bertz CT molecular complexity index is 1120. The highest BCUT2D eigenvalue weighted by Crippen LogP contribution is 2.18. The second-order valence-corrected chi connectivity index (χ2v) is 22.5. The fourth-order valence-electron chi connectivity index (χ4n) is 10.3. The molecule has 0 radical (unpaired) electrons. The molecule has 0 aliphatic carbocycles. The zero-order valence-corrected chi connectivity index (χ0v) is 48.7. The monoisotopic (exact) mass is 1010 g/mol. The van der Waals surface area contributed by atoms with Crippen molar-refractivity contribution in [3.63, 3.8) is 0 Å². The Hall–Kier alpha value is -1.66. The van der Waals surface area contributed by atoms with E-state index in [0.717, 1.165) is 51.4 Å². The Balaban J connectivity index is 3.41. The third-order valence-electron chi connectivity index (χ3n) is 15.3. The second kappa shape index (κ2) is 61.9. The number of nitrogens with one attached hydrogen (secondary N) is 1. The highest BCUT2D eigenvalue weighted by atomic mass is 16.5. The number of carbonyl (C=O) groups is 2. The Morgan fingerprint density at radius 1 is 0.389 bits per heavy atom. The van der Waals surface area contributed by atoms with Crippen molar-refractivity contribution in [2.75, 3.05) is 13.2 Å². The number of carbonyl (C=O) groups excluding carboxylic acids is 2. The van der Waals surface area contributed by atoms with Crippen molar-refractivity contribution >= 4 is 11.9 Å². The third-order valence-corrected chi connectivity index (χ3v) is 15.3. The lowest BCUT2D eigenvalue weighted by Gasteiger charge is -2.22. The van der Waals surface area contributed by atoms with Gasteiger partial charge in [-0.3, -0.25) is 9.59 Å². The van der Waals surface area contributed by atoms with Crippen molar-refractivity contribution in [3.8, 4) is 0 Å². The summed E-state index contributed by atoms with van der Waals surface area (Å²) >= 11 is 0. The molecule has 2 atom stereocenters. The number of unbranched alkanes of at least 4 members (excludes halogenated alkanes) is 46. The molecule has 6 heteroatoms. The summed E-state index contributed by atoms with van der Waals surface area (Å²) in [5.74, 6) is -0.0379. The van der Waals surface area contributed by atoms with Crippen molar-refractivity contribution in [2.24, 2.45) is 0 Å². The van der Waals surface area contributed by atoms with Crippen molar-refractivity contribution in [3.05, 3.63) is 24.3 Å². The van der Waals surface area contributed by atoms with Crippen molar-refractivity contribution < 1.29 is 24.5 Å². The summed E-state index contributed by atoms with van der Waals surface area (Å²) in [6.07, 6.45) is 76.1. The zero-order chi connectivity index (χ0) is 52.2. The van der Waals surface area contributed by atoms with E-state index in [-0.39, 0.29) is 18.5 Å². The molecule has 0 aromatic heterocycles. The van der Waals surface area contributed by atoms with Crippen LogP contribution in [0.1, 0.15) is 361 Å². The van der Waals surface area contributed by atoms with Crippen LogP contribution in [0.15, 0.2) is 24.3 Å². The van der Waals surface area contributed by atoms with Crippen molar-refractivity contribution in [2.45, 2.75) is 373 Å². The van der Waals surface area contributed by atoms with Gasteiger partial charge in [0.2, 0.25) is 5.91 Å². The molecule has 0 spiro atoms. The molecule has 2 unspecified atom stereocenters. The van der Waals surface area contributed by atoms with Crippen LogP contribution in [-0.4, -0.2) is 47.4 Å². The van der Waals surface area contributed by atoms with E-state index in [2.05, 4.69) is 43.5 Å². The molecular weight excluding hydrogens is 887 g/mol. The van der Waals surface area contributed by atoms with E-state index < -0.39 is 12.1 Å². The summed E-state index contributed by atoms with van der Waals surface area (Å²) in [7, 11) is 0. The van der Waals surface area contributed by atoms with Crippen LogP contribution in [0.4, 0.5) is 0 Å². The first-order valence-corrected chi connectivity index (χ1v) is 32.6. The average Bonchev–Trinajstić information content (AvgIpc) is 3.38. The van der Waals surface area contributed by atoms with Gasteiger partial charge in [0.25, 0.3) is 0 Å². The van der Waals surface area contributed by atoms with E-state index in [4.69, 9.17) is 4.74 Å². The first-order chi connectivity index (χ1) is 35.5. The number of rotatable bonds is 61. The molecule has 1 amide bonds. The molecule has 0 heterocycles. The largest absolute Gasteiger partial charge is 0.466 e. The standard InChI is InChI=1S/C66H127NO5/c1-3-5-7-9-11-13-15-17-19-21-23-25-26-30-34-38-42-46-50-54-58-64(69)63(62-68)67-65(70)59-55-51-47-43-39-35-31-28-29-33-37-41-45-49-53-57-61-72-66(71)60-56-52-48-44-40-36-32-27-24-22-20-18-16-14-12-10-8-6-4-2/h12,14,18,20,63-64,68-69H,3-11,13,15-17,19,21-62H2,1-2H3,(H,67,70)/b14-12-,20-18-. The maximum Gasteiger partial charge on any atom is 0.305 e. The van der Waals surface area contributed by atoms with E-state index in [0.29, 0.717) is 25.9 Å². The molecule has 0 aliphatic rings. The minimum absolute atomic E-state index is 0.000423. The number of amides is 1. The van der Waals surface area contributed by atoms with Crippen molar-refractivity contribution in [1.29, 1.82) is 0 Å². The number of hydrogen-bond acceptors (Lipinski definition) is 5. The molecule has 0 fully saturated rings. The zero-order valence-electron chi connectivity index (χ0n) is 48.7. The number of ether oxygens (including phenoxy) is 1. The smallest absolute Gasteiger partial charge is 0.305 e. The predicted molar refractivity (Wildman–Crippen MR) is 315 cm³/mol. The molecule has 0 aliphatic heterocycles. The maximum absolute atomic E-state index is 12.5. The Morgan fingerprint density at radius 2 is 0.694 bits per heavy atom. The van der Waals surface area contributed by atoms with Crippen molar-refractivity contribution in [1.82, 2.24) is 5.32 Å². The molecule has 0 saturated heterocycles. The van der Waals surface area contributed by atoms with Crippen LogP contribution in [0, 0.1) is 0 Å². The van der Waals surface area contributed by atoms with Gasteiger partial charge in [-0.2, -0.15) is 0 Å². The summed E-state index contributed by atoms with van der Waals surface area (Å²) < 4.78 is 5.50. The Morgan fingerprint density at radius 3 is 1.08 bits per heavy atom. The Labute approximate surface area is 450 Å². The number of hydrogen-bond donors (Lipinski definition) is 3. The molecule has 0 aromatic rings. The third kappa shape index (κ3) is 57.6. The summed E-state index contributed by atoms with van der Waals surface area (Å²) in [5.41, 5.74) is 0. The lowest BCUT2D eigenvalue weighted by atomic mass is 10.0. The van der Waals surface area contributed by atoms with Gasteiger partial charge in [0.05, 0.1) is 25.4 Å². The quantitative estimate of drug-likeness (QED) is 0.0320. The highest BCUT2D eigenvalue weighted by Gasteiger charge is 2.20. The van der Waals surface area contributed by atoms with Crippen LogP contribution >= 0.6 is 0 Å². The summed E-state index contributed by atoms with van der Waals surface area (Å²) in [6, 6.07) is -0.548. The summed E-state index contributed by atoms with van der Waals surface area (Å²) in [5, 5.41) is 23.4. The topological polar surface area (TPSA) is 95.9 Å². The number of esters is 1. The van der Waals surface area contributed by atoms with Crippen LogP contribution < -0.4 is 5.32 Å². The first-order valence-electron chi connectivity index (χ1n) is 32.6. The fourth-order valence-corrected chi connectivity index (χ4v) is 10.3. The molecule has 3 N–H and O–H groups in total. The molecular formula is C66H127NO5. The minimum Gasteiger partial charge on any atom is -0.466 e. The molecule has 72 heavy (non-hydrogen) atoms. The van der Waals surface area contributed by atoms with Gasteiger partial charge in [0.15, 0.2) is 0 Å². The SMILES string of the molecule is CCCCC/C=C\C/C=C\CCCCCCCCCCCC(=O)OCCCCCCCCCCCCCCCCCCC(=O)NC(CO)C(O)CCCCCCCCCCCCCCCCCCCCCC. The van der Waals surface area contributed by atoms with Gasteiger partial charge in [-0.15, -0.1) is 0 Å². The van der Waals surface area contributed by atoms with E-state index in [1.807, 2.05) is 0 Å². The minimum atomic E-state index is -0.670. The fraction of sp³-hybridized carbons (Fsp3) is 0.909. The van der Waals surface area contributed by atoms with E-state index >= 15 is 0 Å². The van der Waals surface area contributed by atoms with Crippen LogP contribution in [0.25, 0.3) is 0 Å². The van der Waals surface area contributed by atoms with Crippen LogP contribution in [0.5, 0.6) is 0 Å². The summed E-state index contributed by atoms with van der Waals surface area (Å²) in [4.78, 5) is 24.6. The number of allylic oxidation sites excluding steroid dienone is 4. The number of aliphatic hydroxyl groups is 2. The van der Waals surface area contributed by atoms with Gasteiger partial charge in [-0.1, -0.05) is 314 Å². The molecule has 426 valence electrons. The van der Waals surface area contributed by atoms with Crippen LogP contribution in [-0.2, 0) is 14.3 Å². The molecule has 0 saturated carbocycles. The normalized spacial score (nSPS) is 12.7. The molecule has 0 rings (SSSR count). The Kier molecular flexibility index (Phi) is 60.5. The van der Waals surface area contributed by atoms with E-state index in [1.54, 1.807) is 0 Å².